The minimum Gasteiger partial charge on any atom is -0.345 e. The van der Waals surface area contributed by atoms with Crippen molar-refractivity contribution in [3.63, 3.8) is 0 Å². The number of rotatable bonds is 3. The first-order valence-corrected chi connectivity index (χ1v) is 8.93. The van der Waals surface area contributed by atoms with Gasteiger partial charge in [0.05, 0.1) is 0 Å². The quantitative estimate of drug-likeness (QED) is 0.604. The van der Waals surface area contributed by atoms with Gasteiger partial charge in [0, 0.05) is 56.4 Å². The maximum atomic E-state index is 12.4. The molecule has 2 aliphatic heterocycles. The van der Waals surface area contributed by atoms with Crippen LogP contribution >= 0.6 is 0 Å². The normalized spacial score (nSPS) is 24.6. The lowest BCUT2D eigenvalue weighted by Crippen LogP contribution is -2.63. The van der Waals surface area contributed by atoms with Gasteiger partial charge in [0.25, 0.3) is 0 Å². The summed E-state index contributed by atoms with van der Waals surface area (Å²) in [4.78, 5) is 28.7. The minimum absolute atomic E-state index is 0.0197. The molecule has 2 amide bonds. The molecule has 0 spiro atoms. The molecule has 2 aliphatic rings. The number of amides is 2. The minimum atomic E-state index is -0.472. The molecule has 0 aromatic rings. The highest BCUT2D eigenvalue weighted by molar-refractivity contribution is 6.35. The van der Waals surface area contributed by atoms with Crippen molar-refractivity contribution in [2.45, 2.75) is 57.7 Å². The summed E-state index contributed by atoms with van der Waals surface area (Å²) in [7, 11) is 0. The second-order valence-corrected chi connectivity index (χ2v) is 8.39. The van der Waals surface area contributed by atoms with E-state index < -0.39 is 11.8 Å². The highest BCUT2D eigenvalue weighted by Gasteiger charge is 2.39. The van der Waals surface area contributed by atoms with Crippen molar-refractivity contribution in [3.8, 4) is 0 Å². The average Bonchev–Trinajstić information content (AvgIpc) is 2.44. The van der Waals surface area contributed by atoms with Gasteiger partial charge in [-0.25, -0.2) is 0 Å². The van der Waals surface area contributed by atoms with Gasteiger partial charge in [0.1, 0.15) is 0 Å². The zero-order valence-corrected chi connectivity index (χ0v) is 15.5. The van der Waals surface area contributed by atoms with E-state index in [0.717, 1.165) is 32.5 Å². The molecule has 0 bridgehead atoms. The van der Waals surface area contributed by atoms with Gasteiger partial charge in [-0.05, 0) is 40.5 Å². The van der Waals surface area contributed by atoms with Crippen LogP contribution in [0.1, 0.15) is 40.5 Å². The number of nitrogens with one attached hydrogen (secondary N) is 2. The molecule has 7 nitrogen and oxygen atoms in total. The number of nitrogens with zero attached hydrogens (tertiary/aromatic N) is 2. The molecule has 0 aromatic carbocycles. The SMILES string of the molecule is CC1(C)CC(NC(=O)C(=O)N2CCN(CCN)CC2)CC(C)(C)N1. The first-order chi connectivity index (χ1) is 11.1. The fraction of sp³-hybridized carbons (Fsp3) is 0.882. The first kappa shape index (κ1) is 19.1. The number of piperazine rings is 1. The summed E-state index contributed by atoms with van der Waals surface area (Å²) in [6.07, 6.45) is 1.64. The van der Waals surface area contributed by atoms with Crippen molar-refractivity contribution < 1.29 is 9.59 Å². The molecule has 0 unspecified atom stereocenters. The standard InChI is InChI=1S/C17H33N5O2/c1-16(2)11-13(12-17(3,4)20-16)19-14(23)15(24)22-9-7-21(6-5-18)8-10-22/h13,20H,5-12,18H2,1-4H3,(H,19,23). The van der Waals surface area contributed by atoms with E-state index >= 15 is 0 Å². The second kappa shape index (κ2) is 7.37. The van der Waals surface area contributed by atoms with Crippen LogP contribution < -0.4 is 16.4 Å². The summed E-state index contributed by atoms with van der Waals surface area (Å²) in [6, 6.07) is 0.0197. The fourth-order valence-electron chi connectivity index (χ4n) is 4.17. The largest absolute Gasteiger partial charge is 0.345 e. The summed E-state index contributed by atoms with van der Waals surface area (Å²) < 4.78 is 0. The van der Waals surface area contributed by atoms with Crippen molar-refractivity contribution >= 4 is 11.8 Å². The molecule has 4 N–H and O–H groups in total. The monoisotopic (exact) mass is 339 g/mol. The van der Waals surface area contributed by atoms with Gasteiger partial charge < -0.3 is 21.3 Å². The highest BCUT2D eigenvalue weighted by atomic mass is 16.2. The van der Waals surface area contributed by atoms with Gasteiger partial charge in [-0.3, -0.25) is 14.5 Å². The van der Waals surface area contributed by atoms with Gasteiger partial charge in [0.15, 0.2) is 0 Å². The highest BCUT2D eigenvalue weighted by Crippen LogP contribution is 2.28. The van der Waals surface area contributed by atoms with Crippen molar-refractivity contribution in [2.75, 3.05) is 39.3 Å². The lowest BCUT2D eigenvalue weighted by molar-refractivity contribution is -0.147. The van der Waals surface area contributed by atoms with Gasteiger partial charge in [-0.15, -0.1) is 0 Å². The van der Waals surface area contributed by atoms with E-state index in [1.165, 1.54) is 0 Å². The van der Waals surface area contributed by atoms with Crippen molar-refractivity contribution in [1.82, 2.24) is 20.4 Å². The second-order valence-electron chi connectivity index (χ2n) is 8.39. The van der Waals surface area contributed by atoms with E-state index in [4.69, 9.17) is 5.73 Å². The first-order valence-electron chi connectivity index (χ1n) is 8.93. The zero-order chi connectivity index (χ0) is 18.0. The van der Waals surface area contributed by atoms with Crippen LogP contribution in [-0.2, 0) is 9.59 Å². The molecule has 2 rings (SSSR count). The van der Waals surface area contributed by atoms with E-state index in [9.17, 15) is 9.59 Å². The summed E-state index contributed by atoms with van der Waals surface area (Å²) in [5, 5.41) is 6.54. The average molecular weight is 339 g/mol. The van der Waals surface area contributed by atoms with Crippen LogP contribution in [0, 0.1) is 0 Å². The molecule has 138 valence electrons. The van der Waals surface area contributed by atoms with Crippen LogP contribution in [0.4, 0.5) is 0 Å². The molecule has 0 atom stereocenters. The Morgan fingerprint density at radius 1 is 1.08 bits per heavy atom. The summed E-state index contributed by atoms with van der Waals surface area (Å²) in [6.45, 7) is 12.7. The molecule has 2 saturated heterocycles. The molecule has 2 heterocycles. The summed E-state index contributed by atoms with van der Waals surface area (Å²) in [5.41, 5.74) is 5.44. The molecular formula is C17H33N5O2. The molecule has 24 heavy (non-hydrogen) atoms. The molecule has 2 fully saturated rings. The number of carbonyl (C=O) groups is 2. The fourth-order valence-corrected chi connectivity index (χ4v) is 4.17. The van der Waals surface area contributed by atoms with Crippen LogP contribution in [0.2, 0.25) is 0 Å². The molecule has 0 radical (unpaired) electrons. The number of nitrogens with two attached hydrogens (primary N) is 1. The summed E-state index contributed by atoms with van der Waals surface area (Å²) >= 11 is 0. The number of hydrogen-bond acceptors (Lipinski definition) is 5. The number of piperidine rings is 1. The third kappa shape index (κ3) is 5.16. The Labute approximate surface area is 145 Å². The lowest BCUT2D eigenvalue weighted by atomic mass is 9.79. The maximum absolute atomic E-state index is 12.4. The molecular weight excluding hydrogens is 306 g/mol. The summed E-state index contributed by atoms with van der Waals surface area (Å²) in [5.74, 6) is -0.877. The smallest absolute Gasteiger partial charge is 0.311 e. The third-order valence-corrected chi connectivity index (χ3v) is 4.82. The van der Waals surface area contributed by atoms with E-state index in [2.05, 4.69) is 43.2 Å². The Balaban J connectivity index is 1.87. The molecule has 0 saturated carbocycles. The number of carbonyl (C=O) groups excluding carboxylic acids is 2. The third-order valence-electron chi connectivity index (χ3n) is 4.82. The van der Waals surface area contributed by atoms with Crippen molar-refractivity contribution in [2.24, 2.45) is 5.73 Å². The number of hydrogen-bond donors (Lipinski definition) is 3. The van der Waals surface area contributed by atoms with E-state index in [1.54, 1.807) is 4.90 Å². The van der Waals surface area contributed by atoms with Gasteiger partial charge in [0.2, 0.25) is 0 Å². The van der Waals surface area contributed by atoms with Gasteiger partial charge in [-0.1, -0.05) is 0 Å². The van der Waals surface area contributed by atoms with Crippen LogP contribution in [0.3, 0.4) is 0 Å². The molecule has 0 aromatic heterocycles. The van der Waals surface area contributed by atoms with Crippen LogP contribution in [-0.4, -0.2) is 78.0 Å². The Hall–Kier alpha value is -1.18. The Kier molecular flexibility index (Phi) is 5.88. The van der Waals surface area contributed by atoms with Crippen LogP contribution in [0.15, 0.2) is 0 Å². The zero-order valence-electron chi connectivity index (χ0n) is 15.5. The Morgan fingerprint density at radius 3 is 2.12 bits per heavy atom. The molecule has 7 heteroatoms. The topological polar surface area (TPSA) is 90.7 Å². The van der Waals surface area contributed by atoms with Crippen LogP contribution in [0.25, 0.3) is 0 Å². The maximum Gasteiger partial charge on any atom is 0.311 e. The van der Waals surface area contributed by atoms with Gasteiger partial charge in [-0.2, -0.15) is 0 Å². The van der Waals surface area contributed by atoms with E-state index in [1.807, 2.05) is 0 Å². The lowest BCUT2D eigenvalue weighted by Gasteiger charge is -2.46. The Bertz CT molecular complexity index is 454. The van der Waals surface area contributed by atoms with Crippen molar-refractivity contribution in [1.29, 1.82) is 0 Å². The van der Waals surface area contributed by atoms with E-state index in [0.29, 0.717) is 19.6 Å². The molecule has 0 aliphatic carbocycles. The Morgan fingerprint density at radius 2 is 1.62 bits per heavy atom. The van der Waals surface area contributed by atoms with E-state index in [-0.39, 0.29) is 17.1 Å². The van der Waals surface area contributed by atoms with Gasteiger partial charge >= 0.3 is 11.8 Å². The van der Waals surface area contributed by atoms with Crippen LogP contribution in [0.5, 0.6) is 0 Å². The predicted octanol–water partition coefficient (Wildman–Crippen LogP) is -0.485. The van der Waals surface area contributed by atoms with Crippen molar-refractivity contribution in [3.05, 3.63) is 0 Å². The predicted molar refractivity (Wildman–Crippen MR) is 94.5 cm³/mol.